The predicted octanol–water partition coefficient (Wildman–Crippen LogP) is 3.61. The molecule has 0 amide bonds. The highest BCUT2D eigenvalue weighted by Gasteiger charge is 2.06. The van der Waals surface area contributed by atoms with Gasteiger partial charge in [0.25, 0.3) is 0 Å². The van der Waals surface area contributed by atoms with Crippen LogP contribution in [0.4, 0.5) is 5.69 Å². The van der Waals surface area contributed by atoms with Crippen LogP contribution in [0.5, 0.6) is 0 Å². The molecular weight excluding hydrogens is 198 g/mol. The minimum atomic E-state index is 0.828. The summed E-state index contributed by atoms with van der Waals surface area (Å²) in [4.78, 5) is 2.29. The maximum absolute atomic E-state index is 5.60. The summed E-state index contributed by atoms with van der Waals surface area (Å²) in [6.07, 6.45) is 0. The van der Waals surface area contributed by atoms with E-state index < -0.39 is 0 Å². The lowest BCUT2D eigenvalue weighted by Gasteiger charge is -2.21. The van der Waals surface area contributed by atoms with Gasteiger partial charge >= 0.3 is 0 Å². The van der Waals surface area contributed by atoms with Crippen molar-refractivity contribution in [3.63, 3.8) is 0 Å². The molecule has 1 heterocycles. The van der Waals surface area contributed by atoms with Crippen LogP contribution in [0.2, 0.25) is 0 Å². The number of furan rings is 1. The maximum atomic E-state index is 5.60. The molecule has 84 valence electrons. The van der Waals surface area contributed by atoms with Crippen molar-refractivity contribution < 1.29 is 4.42 Å². The second-order valence-corrected chi connectivity index (χ2v) is 3.86. The van der Waals surface area contributed by atoms with E-state index in [-0.39, 0.29) is 0 Å². The van der Waals surface area contributed by atoms with Crippen LogP contribution in [0.15, 0.2) is 46.9 Å². The van der Waals surface area contributed by atoms with Crippen LogP contribution in [-0.2, 0) is 6.54 Å². The van der Waals surface area contributed by atoms with Crippen molar-refractivity contribution in [3.05, 3.63) is 54.0 Å². The largest absolute Gasteiger partial charge is 0.464 e. The van der Waals surface area contributed by atoms with Crippen LogP contribution >= 0.6 is 0 Å². The normalized spacial score (nSPS) is 10.4. The van der Waals surface area contributed by atoms with E-state index in [1.54, 1.807) is 0 Å². The molecule has 16 heavy (non-hydrogen) atoms. The first kappa shape index (κ1) is 10.8. The van der Waals surface area contributed by atoms with Gasteiger partial charge in [-0.2, -0.15) is 0 Å². The molecule has 2 rings (SSSR count). The fraction of sp³-hybridized carbons (Fsp3) is 0.286. The molecule has 0 fully saturated rings. The van der Waals surface area contributed by atoms with Crippen molar-refractivity contribution in [2.24, 2.45) is 0 Å². The van der Waals surface area contributed by atoms with Gasteiger partial charge in [0.1, 0.15) is 11.5 Å². The van der Waals surface area contributed by atoms with Crippen molar-refractivity contribution in [3.8, 4) is 0 Å². The first-order chi connectivity index (χ1) is 7.79. The number of rotatable bonds is 4. The van der Waals surface area contributed by atoms with E-state index in [2.05, 4.69) is 36.1 Å². The highest BCUT2D eigenvalue weighted by atomic mass is 16.3. The zero-order chi connectivity index (χ0) is 11.4. The summed E-state index contributed by atoms with van der Waals surface area (Å²) < 4.78 is 5.60. The third-order valence-corrected chi connectivity index (χ3v) is 2.65. The van der Waals surface area contributed by atoms with Gasteiger partial charge in [0.05, 0.1) is 6.54 Å². The number of anilines is 1. The summed E-state index contributed by atoms with van der Waals surface area (Å²) in [5.74, 6) is 1.99. The molecule has 0 aliphatic heterocycles. The molecule has 0 saturated heterocycles. The van der Waals surface area contributed by atoms with Gasteiger partial charge in [-0.3, -0.25) is 0 Å². The number of benzene rings is 1. The van der Waals surface area contributed by atoms with Crippen molar-refractivity contribution in [1.82, 2.24) is 0 Å². The molecule has 0 radical (unpaired) electrons. The molecule has 0 spiro atoms. The summed E-state index contributed by atoms with van der Waals surface area (Å²) in [5.41, 5.74) is 1.24. The summed E-state index contributed by atoms with van der Waals surface area (Å²) in [7, 11) is 0. The lowest BCUT2D eigenvalue weighted by molar-refractivity contribution is 0.478. The van der Waals surface area contributed by atoms with Crippen LogP contribution in [-0.4, -0.2) is 6.54 Å². The van der Waals surface area contributed by atoms with E-state index in [1.807, 2.05) is 25.1 Å². The second-order valence-electron chi connectivity index (χ2n) is 3.86. The smallest absolute Gasteiger partial charge is 0.123 e. The third kappa shape index (κ3) is 2.45. The zero-order valence-corrected chi connectivity index (χ0v) is 9.81. The summed E-state index contributed by atoms with van der Waals surface area (Å²) in [6, 6.07) is 14.5. The average Bonchev–Trinajstić information content (AvgIpc) is 2.73. The van der Waals surface area contributed by atoms with E-state index in [9.17, 15) is 0 Å². The number of aryl methyl sites for hydroxylation is 1. The van der Waals surface area contributed by atoms with Gasteiger partial charge in [-0.05, 0) is 38.1 Å². The Kier molecular flexibility index (Phi) is 3.30. The van der Waals surface area contributed by atoms with Crippen LogP contribution in [0, 0.1) is 6.92 Å². The first-order valence-corrected chi connectivity index (χ1v) is 5.65. The van der Waals surface area contributed by atoms with Crippen molar-refractivity contribution in [2.45, 2.75) is 20.4 Å². The Balaban J connectivity index is 2.12. The summed E-state index contributed by atoms with van der Waals surface area (Å²) in [6.45, 7) is 5.93. The van der Waals surface area contributed by atoms with Crippen LogP contribution in [0.25, 0.3) is 0 Å². The maximum Gasteiger partial charge on any atom is 0.123 e. The molecule has 1 aromatic heterocycles. The average molecular weight is 215 g/mol. The Labute approximate surface area is 96.5 Å². The molecule has 2 nitrogen and oxygen atoms in total. The van der Waals surface area contributed by atoms with E-state index >= 15 is 0 Å². The van der Waals surface area contributed by atoms with Gasteiger partial charge < -0.3 is 9.32 Å². The Morgan fingerprint density at radius 2 is 1.81 bits per heavy atom. The minimum Gasteiger partial charge on any atom is -0.464 e. The number of hydrogen-bond acceptors (Lipinski definition) is 2. The Bertz CT molecular complexity index is 433. The van der Waals surface area contributed by atoms with Crippen LogP contribution in [0.1, 0.15) is 18.4 Å². The van der Waals surface area contributed by atoms with Crippen molar-refractivity contribution >= 4 is 5.69 Å². The molecule has 0 unspecified atom stereocenters. The third-order valence-electron chi connectivity index (χ3n) is 2.65. The van der Waals surface area contributed by atoms with E-state index in [0.717, 1.165) is 24.6 Å². The lowest BCUT2D eigenvalue weighted by Crippen LogP contribution is -2.21. The SMILES string of the molecule is CCN(Cc1ccc(C)o1)c1ccccc1. The molecule has 1 aromatic carbocycles. The quantitative estimate of drug-likeness (QED) is 0.774. The predicted molar refractivity (Wildman–Crippen MR) is 66.6 cm³/mol. The Hall–Kier alpha value is -1.70. The fourth-order valence-electron chi connectivity index (χ4n) is 1.78. The Morgan fingerprint density at radius 1 is 1.06 bits per heavy atom. The number of hydrogen-bond donors (Lipinski definition) is 0. The zero-order valence-electron chi connectivity index (χ0n) is 9.81. The number of nitrogens with zero attached hydrogens (tertiary/aromatic N) is 1. The monoisotopic (exact) mass is 215 g/mol. The standard InChI is InChI=1S/C14H17NO/c1-3-15(13-7-5-4-6-8-13)11-14-10-9-12(2)16-14/h4-10H,3,11H2,1-2H3. The van der Waals surface area contributed by atoms with Crippen LogP contribution < -0.4 is 4.90 Å². The lowest BCUT2D eigenvalue weighted by atomic mass is 10.2. The summed E-state index contributed by atoms with van der Waals surface area (Å²) >= 11 is 0. The molecule has 0 saturated carbocycles. The van der Waals surface area contributed by atoms with Crippen molar-refractivity contribution in [1.29, 1.82) is 0 Å². The van der Waals surface area contributed by atoms with Gasteiger partial charge in [0.15, 0.2) is 0 Å². The minimum absolute atomic E-state index is 0.828. The molecule has 2 aromatic rings. The summed E-state index contributed by atoms with van der Waals surface area (Å²) in [5, 5.41) is 0. The van der Waals surface area contributed by atoms with Gasteiger partial charge in [0, 0.05) is 12.2 Å². The molecule has 0 bridgehead atoms. The van der Waals surface area contributed by atoms with Gasteiger partial charge in [-0.15, -0.1) is 0 Å². The second kappa shape index (κ2) is 4.88. The fourth-order valence-corrected chi connectivity index (χ4v) is 1.78. The van der Waals surface area contributed by atoms with Gasteiger partial charge in [-0.25, -0.2) is 0 Å². The molecule has 0 aliphatic rings. The number of para-hydroxylation sites is 1. The molecule has 0 aliphatic carbocycles. The van der Waals surface area contributed by atoms with Gasteiger partial charge in [-0.1, -0.05) is 18.2 Å². The first-order valence-electron chi connectivity index (χ1n) is 5.65. The highest BCUT2D eigenvalue weighted by Crippen LogP contribution is 2.17. The van der Waals surface area contributed by atoms with E-state index in [4.69, 9.17) is 4.42 Å². The molecule has 0 atom stereocenters. The highest BCUT2D eigenvalue weighted by molar-refractivity contribution is 5.45. The molecule has 2 heteroatoms. The Morgan fingerprint density at radius 3 is 2.38 bits per heavy atom. The van der Waals surface area contributed by atoms with Crippen molar-refractivity contribution in [2.75, 3.05) is 11.4 Å². The van der Waals surface area contributed by atoms with Crippen LogP contribution in [0.3, 0.4) is 0 Å². The molecule has 0 N–H and O–H groups in total. The molecular formula is C14H17NO. The van der Waals surface area contributed by atoms with E-state index in [1.165, 1.54) is 5.69 Å². The topological polar surface area (TPSA) is 16.4 Å². The van der Waals surface area contributed by atoms with E-state index in [0.29, 0.717) is 0 Å². The van der Waals surface area contributed by atoms with Gasteiger partial charge in [0.2, 0.25) is 0 Å².